The first-order valence-electron chi connectivity index (χ1n) is 9.64. The fraction of sp³-hybridized carbons (Fsp3) is 0.174. The highest BCUT2D eigenvalue weighted by molar-refractivity contribution is 7.14. The summed E-state index contributed by atoms with van der Waals surface area (Å²) in [5, 5.41) is 5.22. The molecule has 0 aliphatic heterocycles. The van der Waals surface area contributed by atoms with Crippen LogP contribution in [0.5, 0.6) is 11.5 Å². The van der Waals surface area contributed by atoms with Gasteiger partial charge in [-0.3, -0.25) is 4.79 Å². The van der Waals surface area contributed by atoms with E-state index < -0.39 is 0 Å². The van der Waals surface area contributed by atoms with E-state index in [0.717, 1.165) is 11.1 Å². The molecule has 2 aromatic carbocycles. The number of aromatic nitrogens is 2. The third-order valence-corrected chi connectivity index (χ3v) is 5.37. The van der Waals surface area contributed by atoms with Crippen LogP contribution >= 0.6 is 11.3 Å². The lowest BCUT2D eigenvalue weighted by Gasteiger charge is -2.08. The van der Waals surface area contributed by atoms with Crippen molar-refractivity contribution in [2.24, 2.45) is 0 Å². The number of aryl methyl sites for hydroxylation is 1. The van der Waals surface area contributed by atoms with E-state index in [9.17, 15) is 4.79 Å². The largest absolute Gasteiger partial charge is 0.497 e. The summed E-state index contributed by atoms with van der Waals surface area (Å²) in [6, 6.07) is 15.2. The number of rotatable bonds is 8. The lowest BCUT2D eigenvalue weighted by atomic mass is 10.1. The molecule has 0 radical (unpaired) electrons. The number of nitrogens with zero attached hydrogens (tertiary/aromatic N) is 2. The van der Waals surface area contributed by atoms with Crippen LogP contribution < -0.4 is 14.8 Å². The zero-order valence-corrected chi connectivity index (χ0v) is 17.9. The van der Waals surface area contributed by atoms with Gasteiger partial charge in [-0.15, -0.1) is 11.3 Å². The molecule has 1 N–H and O–H groups in total. The van der Waals surface area contributed by atoms with E-state index in [4.69, 9.17) is 13.9 Å². The highest BCUT2D eigenvalue weighted by atomic mass is 32.1. The van der Waals surface area contributed by atoms with Gasteiger partial charge >= 0.3 is 0 Å². The molecule has 0 atom stereocenters. The molecule has 8 heteroatoms. The Morgan fingerprint density at radius 3 is 2.74 bits per heavy atom. The van der Waals surface area contributed by atoms with Gasteiger partial charge in [-0.05, 0) is 18.2 Å². The van der Waals surface area contributed by atoms with E-state index in [1.54, 1.807) is 20.4 Å². The highest BCUT2D eigenvalue weighted by Crippen LogP contribution is 2.35. The summed E-state index contributed by atoms with van der Waals surface area (Å²) < 4.78 is 16.5. The first kappa shape index (κ1) is 20.6. The quantitative estimate of drug-likeness (QED) is 0.417. The molecule has 4 aromatic rings. The summed E-state index contributed by atoms with van der Waals surface area (Å²) >= 11 is 1.35. The maximum atomic E-state index is 12.4. The fourth-order valence-electron chi connectivity index (χ4n) is 3.03. The third-order valence-electron chi connectivity index (χ3n) is 4.61. The van der Waals surface area contributed by atoms with E-state index in [-0.39, 0.29) is 12.3 Å². The van der Waals surface area contributed by atoms with Crippen LogP contribution in [0.4, 0.5) is 5.13 Å². The van der Waals surface area contributed by atoms with Gasteiger partial charge in [-0.2, -0.15) is 0 Å². The smallest absolute Gasteiger partial charge is 0.226 e. The van der Waals surface area contributed by atoms with Crippen LogP contribution in [0.2, 0.25) is 0 Å². The molecule has 2 heterocycles. The van der Waals surface area contributed by atoms with Crippen molar-refractivity contribution in [2.45, 2.75) is 12.8 Å². The van der Waals surface area contributed by atoms with E-state index in [2.05, 4.69) is 15.3 Å². The molecule has 0 bridgehead atoms. The molecule has 1 amide bonds. The van der Waals surface area contributed by atoms with E-state index in [0.29, 0.717) is 40.4 Å². The van der Waals surface area contributed by atoms with Crippen LogP contribution in [0.1, 0.15) is 12.3 Å². The fourth-order valence-corrected chi connectivity index (χ4v) is 3.76. The number of hydrogen-bond donors (Lipinski definition) is 1. The van der Waals surface area contributed by atoms with E-state index in [1.165, 1.54) is 11.3 Å². The molecule has 31 heavy (non-hydrogen) atoms. The first-order chi connectivity index (χ1) is 15.2. The van der Waals surface area contributed by atoms with Crippen molar-refractivity contribution in [2.75, 3.05) is 19.5 Å². The Kier molecular flexibility index (Phi) is 6.28. The monoisotopic (exact) mass is 435 g/mol. The average molecular weight is 436 g/mol. The van der Waals surface area contributed by atoms with Gasteiger partial charge in [0.2, 0.25) is 5.91 Å². The summed E-state index contributed by atoms with van der Waals surface area (Å²) in [6.07, 6.45) is 2.32. The minimum Gasteiger partial charge on any atom is -0.497 e. The summed E-state index contributed by atoms with van der Waals surface area (Å²) in [4.78, 5) is 21.2. The average Bonchev–Trinajstić information content (AvgIpc) is 3.47. The van der Waals surface area contributed by atoms with Gasteiger partial charge < -0.3 is 19.2 Å². The number of carbonyl (C=O) groups excluding carboxylic acids is 1. The van der Waals surface area contributed by atoms with Crippen LogP contribution in [0.3, 0.4) is 0 Å². The van der Waals surface area contributed by atoms with Crippen LogP contribution in [0.25, 0.3) is 22.6 Å². The lowest BCUT2D eigenvalue weighted by Crippen LogP contribution is -2.12. The molecule has 0 aliphatic carbocycles. The number of ether oxygens (including phenoxy) is 2. The Labute approximate surface area is 183 Å². The second-order valence-electron chi connectivity index (χ2n) is 6.64. The Hall–Kier alpha value is -3.65. The first-order valence-corrected chi connectivity index (χ1v) is 10.5. The maximum Gasteiger partial charge on any atom is 0.226 e. The van der Waals surface area contributed by atoms with Crippen LogP contribution in [-0.4, -0.2) is 30.1 Å². The van der Waals surface area contributed by atoms with Crippen molar-refractivity contribution < 1.29 is 18.7 Å². The van der Waals surface area contributed by atoms with Crippen molar-refractivity contribution in [1.29, 1.82) is 0 Å². The minimum atomic E-state index is -0.155. The second-order valence-corrected chi connectivity index (χ2v) is 7.49. The second kappa shape index (κ2) is 9.44. The van der Waals surface area contributed by atoms with Crippen molar-refractivity contribution >= 4 is 22.4 Å². The number of hydrogen-bond acceptors (Lipinski definition) is 7. The van der Waals surface area contributed by atoms with Crippen molar-refractivity contribution in [3.63, 3.8) is 0 Å². The number of oxazole rings is 1. The summed E-state index contributed by atoms with van der Waals surface area (Å²) in [5.41, 5.74) is 2.46. The van der Waals surface area contributed by atoms with Crippen molar-refractivity contribution in [1.82, 2.24) is 9.97 Å². The summed E-state index contributed by atoms with van der Waals surface area (Å²) in [6.45, 7) is 0. The third kappa shape index (κ3) is 4.92. The molecular formula is C23H21N3O4S. The Morgan fingerprint density at radius 2 is 1.97 bits per heavy atom. The molecule has 2 aromatic heterocycles. The number of carbonyl (C=O) groups is 1. The molecule has 4 rings (SSSR count). The number of benzene rings is 2. The number of thiazole rings is 1. The van der Waals surface area contributed by atoms with Gasteiger partial charge in [0.1, 0.15) is 11.5 Å². The molecule has 0 spiro atoms. The molecule has 7 nitrogen and oxygen atoms in total. The van der Waals surface area contributed by atoms with E-state index >= 15 is 0 Å². The van der Waals surface area contributed by atoms with Crippen LogP contribution in [0, 0.1) is 0 Å². The standard InChI is InChI=1S/C23H21N3O4S/c1-28-16-8-9-19(29-2)17(12-16)18-14-31-23(25-18)26-21(27)10-11-22-24-13-20(30-22)15-6-4-3-5-7-15/h3-9,12-14H,10-11H2,1-2H3,(H,25,26,27). The maximum absolute atomic E-state index is 12.4. The molecule has 0 fully saturated rings. The van der Waals surface area contributed by atoms with Gasteiger partial charge in [0, 0.05) is 29.3 Å². The van der Waals surface area contributed by atoms with Crippen molar-refractivity contribution in [3.05, 3.63) is 66.0 Å². The molecular weight excluding hydrogens is 414 g/mol. The molecule has 0 saturated carbocycles. The van der Waals surface area contributed by atoms with Crippen molar-refractivity contribution in [3.8, 4) is 34.1 Å². The zero-order chi connectivity index (χ0) is 21.6. The molecule has 0 aliphatic rings. The molecule has 0 saturated heterocycles. The number of anilines is 1. The molecule has 0 unspecified atom stereocenters. The number of amides is 1. The van der Waals surface area contributed by atoms with Gasteiger partial charge in [-0.25, -0.2) is 9.97 Å². The predicted octanol–water partition coefficient (Wildman–Crippen LogP) is 5.05. The minimum absolute atomic E-state index is 0.155. The van der Waals surface area contributed by atoms with Gasteiger partial charge in [0.15, 0.2) is 16.8 Å². The summed E-state index contributed by atoms with van der Waals surface area (Å²) in [5.74, 6) is 2.44. The Bertz CT molecular complexity index is 1170. The SMILES string of the molecule is COc1ccc(OC)c(-c2csc(NC(=O)CCc3ncc(-c4ccccc4)o3)n2)c1. The van der Waals surface area contributed by atoms with Gasteiger partial charge in [0.25, 0.3) is 0 Å². The van der Waals surface area contributed by atoms with E-state index in [1.807, 2.05) is 53.9 Å². The number of nitrogens with one attached hydrogen (secondary N) is 1. The van der Waals surface area contributed by atoms with Gasteiger partial charge in [0.05, 0.1) is 26.1 Å². The molecule has 158 valence electrons. The normalized spacial score (nSPS) is 10.6. The number of methoxy groups -OCH3 is 2. The van der Waals surface area contributed by atoms with Crippen LogP contribution in [0.15, 0.2) is 64.5 Å². The zero-order valence-electron chi connectivity index (χ0n) is 17.1. The Balaban J connectivity index is 1.37. The summed E-state index contributed by atoms with van der Waals surface area (Å²) in [7, 11) is 3.21. The highest BCUT2D eigenvalue weighted by Gasteiger charge is 2.14. The van der Waals surface area contributed by atoms with Gasteiger partial charge in [-0.1, -0.05) is 30.3 Å². The topological polar surface area (TPSA) is 86.5 Å². The lowest BCUT2D eigenvalue weighted by molar-refractivity contribution is -0.116. The predicted molar refractivity (Wildman–Crippen MR) is 120 cm³/mol. The Morgan fingerprint density at radius 1 is 1.13 bits per heavy atom. The van der Waals surface area contributed by atoms with Crippen LogP contribution in [-0.2, 0) is 11.2 Å².